The lowest BCUT2D eigenvalue weighted by atomic mass is 10.1. The molecule has 122 valence electrons. The van der Waals surface area contributed by atoms with Crippen LogP contribution in [0, 0.1) is 0 Å². The minimum Gasteiger partial charge on any atom is -0.394 e. The Hall–Kier alpha value is -0.300. The van der Waals surface area contributed by atoms with Gasteiger partial charge in [0.2, 0.25) is 0 Å². The van der Waals surface area contributed by atoms with E-state index in [2.05, 4.69) is 11.9 Å². The van der Waals surface area contributed by atoms with Crippen LogP contribution in [0.2, 0.25) is 0 Å². The fraction of sp³-hybridized carbons (Fsp3) is 0.933. The molecule has 2 saturated heterocycles. The summed E-state index contributed by atoms with van der Waals surface area (Å²) in [4.78, 5) is 6.55. The first kappa shape index (κ1) is 17.1. The molecule has 6 heteroatoms. The Balaban J connectivity index is 1.79. The van der Waals surface area contributed by atoms with Crippen LogP contribution in [0.3, 0.4) is 0 Å². The van der Waals surface area contributed by atoms with Gasteiger partial charge in [0.15, 0.2) is 5.17 Å². The monoisotopic (exact) mass is 316 g/mol. The smallest absolute Gasteiger partial charge is 0.160 e. The second-order valence-electron chi connectivity index (χ2n) is 5.95. The Bertz CT molecular complexity index is 352. The average Bonchev–Trinajstić information content (AvgIpc) is 2.99. The molecule has 2 fully saturated rings. The van der Waals surface area contributed by atoms with E-state index in [1.165, 1.54) is 32.1 Å². The zero-order valence-corrected chi connectivity index (χ0v) is 13.6. The van der Waals surface area contributed by atoms with Crippen molar-refractivity contribution in [2.75, 3.05) is 18.9 Å². The molecule has 0 amide bonds. The van der Waals surface area contributed by atoms with Gasteiger partial charge in [0.1, 0.15) is 12.2 Å². The van der Waals surface area contributed by atoms with Crippen LogP contribution in [0.5, 0.6) is 0 Å². The summed E-state index contributed by atoms with van der Waals surface area (Å²) in [5.74, 6) is 0.740. The van der Waals surface area contributed by atoms with Crippen LogP contribution >= 0.6 is 11.8 Å². The maximum Gasteiger partial charge on any atom is 0.160 e. The Kier molecular flexibility index (Phi) is 6.79. The number of amidine groups is 1. The molecule has 0 aromatic rings. The second kappa shape index (κ2) is 8.36. The van der Waals surface area contributed by atoms with Gasteiger partial charge in [0.25, 0.3) is 0 Å². The Morgan fingerprint density at radius 3 is 2.57 bits per heavy atom. The van der Waals surface area contributed by atoms with E-state index in [0.717, 1.165) is 23.9 Å². The lowest BCUT2D eigenvalue weighted by Gasteiger charge is -2.24. The van der Waals surface area contributed by atoms with Crippen molar-refractivity contribution in [1.29, 1.82) is 0 Å². The molecule has 0 aromatic heterocycles. The van der Waals surface area contributed by atoms with Crippen molar-refractivity contribution >= 4 is 16.9 Å². The van der Waals surface area contributed by atoms with E-state index in [0.29, 0.717) is 0 Å². The van der Waals surface area contributed by atoms with Crippen molar-refractivity contribution in [3.05, 3.63) is 0 Å². The number of nitrogens with zero attached hydrogens (tertiary/aromatic N) is 2. The van der Waals surface area contributed by atoms with Gasteiger partial charge < -0.3 is 20.2 Å². The SMILES string of the molecule is CCCCCCCCN=C1SC[C@H]2[C@H](O)[C@@H](O)[C@H](CO)N12. The normalized spacial score (nSPS) is 33.9. The van der Waals surface area contributed by atoms with Crippen LogP contribution in [-0.4, -0.2) is 68.6 Å². The van der Waals surface area contributed by atoms with E-state index in [9.17, 15) is 15.3 Å². The first-order valence-electron chi connectivity index (χ1n) is 8.13. The lowest BCUT2D eigenvalue weighted by molar-refractivity contribution is 0.0206. The summed E-state index contributed by atoms with van der Waals surface area (Å²) in [6, 6.07) is -0.520. The molecule has 0 radical (unpaired) electrons. The molecule has 2 heterocycles. The Labute approximate surface area is 131 Å². The van der Waals surface area contributed by atoms with Crippen molar-refractivity contribution in [2.45, 2.75) is 69.7 Å². The molecule has 5 nitrogen and oxygen atoms in total. The summed E-state index contributed by atoms with van der Waals surface area (Å²) in [6.45, 7) is 2.86. The van der Waals surface area contributed by atoms with Gasteiger partial charge in [-0.1, -0.05) is 50.8 Å². The van der Waals surface area contributed by atoms with E-state index in [4.69, 9.17) is 0 Å². The van der Waals surface area contributed by atoms with E-state index in [1.807, 2.05) is 4.90 Å². The molecule has 0 unspecified atom stereocenters. The molecular formula is C15H28N2O3S. The molecule has 0 aliphatic carbocycles. The maximum absolute atomic E-state index is 10.0. The topological polar surface area (TPSA) is 76.3 Å². The molecule has 0 aromatic carbocycles. The van der Waals surface area contributed by atoms with Crippen molar-refractivity contribution in [2.24, 2.45) is 4.99 Å². The standard InChI is InChI=1S/C15H28N2O3S/c1-2-3-4-5-6-7-8-16-15-17-11(9-18)13(19)14(20)12(17)10-21-15/h11-14,18-20H,2-10H2,1H3/t11-,12-,13-,14-/m0/s1. The number of thioether (sulfide) groups is 1. The number of rotatable bonds is 8. The molecular weight excluding hydrogens is 288 g/mol. The van der Waals surface area contributed by atoms with E-state index >= 15 is 0 Å². The third-order valence-electron chi connectivity index (χ3n) is 4.40. The number of fused-ring (bicyclic) bond motifs is 1. The quantitative estimate of drug-likeness (QED) is 0.587. The van der Waals surface area contributed by atoms with Crippen LogP contribution in [0.1, 0.15) is 45.4 Å². The average molecular weight is 316 g/mol. The summed E-state index contributed by atoms with van der Waals surface area (Å²) in [5, 5.41) is 30.3. The van der Waals surface area contributed by atoms with Gasteiger partial charge in [-0.25, -0.2) is 0 Å². The van der Waals surface area contributed by atoms with E-state index < -0.39 is 18.2 Å². The molecule has 3 N–H and O–H groups in total. The van der Waals surface area contributed by atoms with Gasteiger partial charge >= 0.3 is 0 Å². The van der Waals surface area contributed by atoms with Crippen LogP contribution in [-0.2, 0) is 0 Å². The van der Waals surface area contributed by atoms with Crippen molar-refractivity contribution < 1.29 is 15.3 Å². The van der Waals surface area contributed by atoms with Gasteiger partial charge in [-0.15, -0.1) is 0 Å². The molecule has 0 saturated carbocycles. The highest BCUT2D eigenvalue weighted by molar-refractivity contribution is 8.14. The number of hydrogen-bond donors (Lipinski definition) is 3. The third-order valence-corrected chi connectivity index (χ3v) is 5.51. The molecule has 2 aliphatic rings. The number of hydrogen-bond acceptors (Lipinski definition) is 5. The van der Waals surface area contributed by atoms with Gasteiger partial charge in [0, 0.05) is 12.3 Å². The summed E-state index contributed by atoms with van der Waals surface area (Å²) in [7, 11) is 0. The summed E-state index contributed by atoms with van der Waals surface area (Å²) in [6.07, 6.45) is 5.80. The molecule has 0 bridgehead atoms. The van der Waals surface area contributed by atoms with Crippen LogP contribution in [0.15, 0.2) is 4.99 Å². The molecule has 2 aliphatic heterocycles. The number of aliphatic hydroxyl groups excluding tert-OH is 3. The lowest BCUT2D eigenvalue weighted by Crippen LogP contribution is -2.41. The van der Waals surface area contributed by atoms with Crippen molar-refractivity contribution in [3.63, 3.8) is 0 Å². The first-order chi connectivity index (χ1) is 10.2. The molecule has 21 heavy (non-hydrogen) atoms. The number of aliphatic imine (C=N–C) groups is 1. The highest BCUT2D eigenvalue weighted by Crippen LogP contribution is 2.36. The Morgan fingerprint density at radius 1 is 1.14 bits per heavy atom. The highest BCUT2D eigenvalue weighted by atomic mass is 32.2. The fourth-order valence-corrected chi connectivity index (χ4v) is 4.40. The predicted octanol–water partition coefficient (Wildman–Crippen LogP) is 1.22. The van der Waals surface area contributed by atoms with Gasteiger partial charge in [-0.05, 0) is 6.42 Å². The van der Waals surface area contributed by atoms with Gasteiger partial charge in [-0.3, -0.25) is 4.99 Å². The van der Waals surface area contributed by atoms with Crippen LogP contribution < -0.4 is 0 Å². The van der Waals surface area contributed by atoms with Gasteiger partial charge in [0.05, 0.1) is 18.7 Å². The van der Waals surface area contributed by atoms with Gasteiger partial charge in [-0.2, -0.15) is 0 Å². The number of aliphatic hydroxyl groups is 3. The maximum atomic E-state index is 10.0. The summed E-state index contributed by atoms with van der Waals surface area (Å²) in [5.41, 5.74) is 0. The van der Waals surface area contributed by atoms with Crippen molar-refractivity contribution in [1.82, 2.24) is 4.90 Å². The highest BCUT2D eigenvalue weighted by Gasteiger charge is 2.51. The molecule has 2 rings (SSSR count). The summed E-state index contributed by atoms with van der Waals surface area (Å²) < 4.78 is 0. The van der Waals surface area contributed by atoms with Crippen molar-refractivity contribution in [3.8, 4) is 0 Å². The van der Waals surface area contributed by atoms with E-state index in [1.54, 1.807) is 11.8 Å². The second-order valence-corrected chi connectivity index (χ2v) is 6.94. The Morgan fingerprint density at radius 2 is 1.86 bits per heavy atom. The zero-order valence-electron chi connectivity index (χ0n) is 12.8. The summed E-state index contributed by atoms with van der Waals surface area (Å²) >= 11 is 1.62. The number of unbranched alkanes of at least 4 members (excludes halogenated alkanes) is 5. The molecule has 4 atom stereocenters. The molecule has 0 spiro atoms. The first-order valence-corrected chi connectivity index (χ1v) is 9.11. The zero-order chi connectivity index (χ0) is 15.2. The predicted molar refractivity (Wildman–Crippen MR) is 86.7 cm³/mol. The van der Waals surface area contributed by atoms with Crippen LogP contribution in [0.25, 0.3) is 0 Å². The minimum atomic E-state index is -0.875. The third kappa shape index (κ3) is 3.92. The largest absolute Gasteiger partial charge is 0.394 e. The fourth-order valence-electron chi connectivity index (χ4n) is 3.12. The van der Waals surface area contributed by atoms with Crippen LogP contribution in [0.4, 0.5) is 0 Å². The minimum absolute atomic E-state index is 0.106. The van der Waals surface area contributed by atoms with E-state index in [-0.39, 0.29) is 12.6 Å².